The standard InChI is InChI=1S/C23H18ClFN4O/c1-15-7-12-19(13-20(15)24)29-22(17-8-10-18(25)11-9-17)27-21(28-29)23(30)26-14-16-5-3-2-4-6-16/h2-13H,14H2,1H3,(H,26,30). The third-order valence-electron chi connectivity index (χ3n) is 4.61. The zero-order chi connectivity index (χ0) is 21.1. The molecule has 30 heavy (non-hydrogen) atoms. The maximum Gasteiger partial charge on any atom is 0.291 e. The van der Waals surface area contributed by atoms with E-state index in [2.05, 4.69) is 15.4 Å². The lowest BCUT2D eigenvalue weighted by molar-refractivity contribution is 0.0940. The Hall–Kier alpha value is -3.51. The van der Waals surface area contributed by atoms with E-state index in [1.807, 2.05) is 49.4 Å². The molecule has 0 fully saturated rings. The van der Waals surface area contributed by atoms with Crippen LogP contribution in [0.15, 0.2) is 72.8 Å². The van der Waals surface area contributed by atoms with E-state index in [0.717, 1.165) is 11.1 Å². The van der Waals surface area contributed by atoms with Crippen molar-refractivity contribution >= 4 is 17.5 Å². The van der Waals surface area contributed by atoms with Gasteiger partial charge in [-0.1, -0.05) is 48.0 Å². The van der Waals surface area contributed by atoms with Crippen molar-refractivity contribution in [3.8, 4) is 17.1 Å². The van der Waals surface area contributed by atoms with Crippen LogP contribution in [0, 0.1) is 12.7 Å². The van der Waals surface area contributed by atoms with Gasteiger partial charge in [-0.3, -0.25) is 4.79 Å². The molecule has 0 radical (unpaired) electrons. The first kappa shape index (κ1) is 19.8. The highest BCUT2D eigenvalue weighted by Crippen LogP contribution is 2.25. The normalized spacial score (nSPS) is 10.8. The minimum absolute atomic E-state index is 0.0157. The molecular formula is C23H18ClFN4O. The Balaban J connectivity index is 1.70. The minimum atomic E-state index is -0.404. The van der Waals surface area contributed by atoms with Gasteiger partial charge in [0.15, 0.2) is 5.82 Å². The van der Waals surface area contributed by atoms with Crippen molar-refractivity contribution in [2.75, 3.05) is 0 Å². The van der Waals surface area contributed by atoms with Crippen molar-refractivity contribution < 1.29 is 9.18 Å². The van der Waals surface area contributed by atoms with Gasteiger partial charge in [-0.15, -0.1) is 5.10 Å². The van der Waals surface area contributed by atoms with Crippen LogP contribution in [0.1, 0.15) is 21.7 Å². The van der Waals surface area contributed by atoms with E-state index in [4.69, 9.17) is 11.6 Å². The van der Waals surface area contributed by atoms with E-state index < -0.39 is 5.91 Å². The van der Waals surface area contributed by atoms with Crippen molar-refractivity contribution in [2.45, 2.75) is 13.5 Å². The quantitative estimate of drug-likeness (QED) is 0.496. The van der Waals surface area contributed by atoms with E-state index >= 15 is 0 Å². The average Bonchev–Trinajstić information content (AvgIpc) is 3.21. The third kappa shape index (κ3) is 4.23. The Morgan fingerprint density at radius 2 is 1.80 bits per heavy atom. The topological polar surface area (TPSA) is 59.8 Å². The largest absolute Gasteiger partial charge is 0.345 e. The number of aromatic nitrogens is 3. The number of hydrogen-bond donors (Lipinski definition) is 1. The van der Waals surface area contributed by atoms with Crippen molar-refractivity contribution in [3.63, 3.8) is 0 Å². The van der Waals surface area contributed by atoms with Gasteiger partial charge in [-0.25, -0.2) is 14.1 Å². The number of halogens is 2. The maximum absolute atomic E-state index is 13.4. The number of benzene rings is 3. The number of amides is 1. The molecule has 5 nitrogen and oxygen atoms in total. The molecule has 0 saturated heterocycles. The van der Waals surface area contributed by atoms with E-state index in [1.54, 1.807) is 18.2 Å². The summed E-state index contributed by atoms with van der Waals surface area (Å²) in [6, 6.07) is 20.9. The van der Waals surface area contributed by atoms with Crippen LogP contribution in [-0.4, -0.2) is 20.7 Å². The molecule has 0 aliphatic heterocycles. The second kappa shape index (κ2) is 8.47. The van der Waals surface area contributed by atoms with Crippen LogP contribution in [0.4, 0.5) is 4.39 Å². The van der Waals surface area contributed by atoms with Gasteiger partial charge >= 0.3 is 0 Å². The van der Waals surface area contributed by atoms with Crippen molar-refractivity contribution in [1.29, 1.82) is 0 Å². The van der Waals surface area contributed by atoms with Gasteiger partial charge in [0, 0.05) is 17.1 Å². The summed E-state index contributed by atoms with van der Waals surface area (Å²) in [6.45, 7) is 2.26. The van der Waals surface area contributed by atoms with Gasteiger partial charge in [-0.2, -0.15) is 0 Å². The Kier molecular flexibility index (Phi) is 5.59. The fourth-order valence-corrected chi connectivity index (χ4v) is 3.12. The predicted molar refractivity (Wildman–Crippen MR) is 114 cm³/mol. The molecule has 0 saturated carbocycles. The highest BCUT2D eigenvalue weighted by atomic mass is 35.5. The van der Waals surface area contributed by atoms with Crippen molar-refractivity contribution in [1.82, 2.24) is 20.1 Å². The second-order valence-corrected chi connectivity index (χ2v) is 7.19. The molecule has 4 rings (SSSR count). The maximum atomic E-state index is 13.4. The summed E-state index contributed by atoms with van der Waals surface area (Å²) in [4.78, 5) is 17.1. The molecule has 1 heterocycles. The van der Waals surface area contributed by atoms with Crippen LogP contribution in [0.3, 0.4) is 0 Å². The number of rotatable bonds is 5. The lowest BCUT2D eigenvalue weighted by Crippen LogP contribution is -2.24. The molecule has 7 heteroatoms. The predicted octanol–water partition coefficient (Wildman–Crippen LogP) is 4.97. The molecule has 0 spiro atoms. The fraction of sp³-hybridized carbons (Fsp3) is 0.0870. The number of nitrogens with zero attached hydrogens (tertiary/aromatic N) is 3. The monoisotopic (exact) mass is 420 g/mol. The molecule has 1 N–H and O–H groups in total. The first-order valence-electron chi connectivity index (χ1n) is 9.33. The third-order valence-corrected chi connectivity index (χ3v) is 5.02. The molecule has 150 valence electrons. The number of carbonyl (C=O) groups is 1. The number of aryl methyl sites for hydroxylation is 1. The molecule has 0 aliphatic rings. The van der Waals surface area contributed by atoms with Gasteiger partial charge in [0.1, 0.15) is 5.82 Å². The Labute approximate surface area is 178 Å². The van der Waals surface area contributed by atoms with Gasteiger partial charge < -0.3 is 5.32 Å². The van der Waals surface area contributed by atoms with Gasteiger partial charge in [0.2, 0.25) is 5.82 Å². The van der Waals surface area contributed by atoms with Crippen LogP contribution in [0.5, 0.6) is 0 Å². The SMILES string of the molecule is Cc1ccc(-n2nc(C(=O)NCc3ccccc3)nc2-c2ccc(F)cc2)cc1Cl. The molecule has 0 unspecified atom stereocenters. The fourth-order valence-electron chi connectivity index (χ4n) is 2.94. The summed E-state index contributed by atoms with van der Waals surface area (Å²) >= 11 is 6.28. The zero-order valence-electron chi connectivity index (χ0n) is 16.1. The van der Waals surface area contributed by atoms with E-state index in [9.17, 15) is 9.18 Å². The summed E-state index contributed by atoms with van der Waals surface area (Å²) in [5.41, 5.74) is 3.17. The first-order chi connectivity index (χ1) is 14.5. The second-order valence-electron chi connectivity index (χ2n) is 6.78. The van der Waals surface area contributed by atoms with Crippen molar-refractivity contribution in [3.05, 3.63) is 101 Å². The lowest BCUT2D eigenvalue weighted by atomic mass is 10.2. The summed E-state index contributed by atoms with van der Waals surface area (Å²) in [5.74, 6) is -0.329. The van der Waals surface area contributed by atoms with Crippen LogP contribution >= 0.6 is 11.6 Å². The minimum Gasteiger partial charge on any atom is -0.345 e. The van der Waals surface area contributed by atoms with Crippen LogP contribution in [0.25, 0.3) is 17.1 Å². The van der Waals surface area contributed by atoms with Crippen molar-refractivity contribution in [2.24, 2.45) is 0 Å². The Morgan fingerprint density at radius 1 is 1.07 bits per heavy atom. The smallest absolute Gasteiger partial charge is 0.291 e. The van der Waals surface area contributed by atoms with Gasteiger partial charge in [0.25, 0.3) is 5.91 Å². The van der Waals surface area contributed by atoms with Gasteiger partial charge in [0.05, 0.1) is 5.69 Å². The number of nitrogens with one attached hydrogen (secondary N) is 1. The molecular weight excluding hydrogens is 403 g/mol. The summed E-state index contributed by atoms with van der Waals surface area (Å²) in [6.07, 6.45) is 0. The average molecular weight is 421 g/mol. The Morgan fingerprint density at radius 3 is 2.50 bits per heavy atom. The zero-order valence-corrected chi connectivity index (χ0v) is 16.9. The lowest BCUT2D eigenvalue weighted by Gasteiger charge is -2.07. The molecule has 0 aliphatic carbocycles. The summed E-state index contributed by atoms with van der Waals surface area (Å²) < 4.78 is 14.9. The number of hydrogen-bond acceptors (Lipinski definition) is 3. The number of carbonyl (C=O) groups excluding carboxylic acids is 1. The Bertz CT molecular complexity index is 1190. The van der Waals surface area contributed by atoms with E-state index in [1.165, 1.54) is 16.8 Å². The molecule has 4 aromatic rings. The summed E-state index contributed by atoms with van der Waals surface area (Å²) in [7, 11) is 0. The molecule has 3 aromatic carbocycles. The molecule has 0 atom stereocenters. The highest BCUT2D eigenvalue weighted by Gasteiger charge is 2.19. The summed E-state index contributed by atoms with van der Waals surface area (Å²) in [5, 5.41) is 7.80. The first-order valence-corrected chi connectivity index (χ1v) is 9.71. The van der Waals surface area contributed by atoms with Crippen LogP contribution < -0.4 is 5.32 Å². The molecule has 1 aromatic heterocycles. The van der Waals surface area contributed by atoms with E-state index in [-0.39, 0.29) is 11.6 Å². The van der Waals surface area contributed by atoms with Gasteiger partial charge in [-0.05, 0) is 54.4 Å². The van der Waals surface area contributed by atoms with E-state index in [0.29, 0.717) is 28.6 Å². The molecule has 1 amide bonds. The van der Waals surface area contributed by atoms with Crippen LogP contribution in [0.2, 0.25) is 5.02 Å². The highest BCUT2D eigenvalue weighted by molar-refractivity contribution is 6.31. The van der Waals surface area contributed by atoms with Crippen LogP contribution in [-0.2, 0) is 6.54 Å². The molecule has 0 bridgehead atoms.